The Morgan fingerprint density at radius 3 is 2.75 bits per heavy atom. The quantitative estimate of drug-likeness (QED) is 0.916. The van der Waals surface area contributed by atoms with Gasteiger partial charge in [-0.15, -0.1) is 0 Å². The number of nitrogens with zero attached hydrogens (tertiary/aromatic N) is 2. The molecule has 3 heteroatoms. The summed E-state index contributed by atoms with van der Waals surface area (Å²) in [7, 11) is 0. The molecule has 0 aromatic carbocycles. The first kappa shape index (κ1) is 12.8. The standard InChI is InChI=1S/C17H25N3/c1-3-13-4-2-10-18-17(13)16(5-1)19-14-8-11-20(12-9-14)15-6-7-15/h2,4,10,14-16,19H,1,3,5-9,11-12H2. The highest BCUT2D eigenvalue weighted by Crippen LogP contribution is 2.31. The number of aromatic nitrogens is 1. The van der Waals surface area contributed by atoms with Crippen molar-refractivity contribution >= 4 is 0 Å². The molecule has 20 heavy (non-hydrogen) atoms. The highest BCUT2D eigenvalue weighted by molar-refractivity contribution is 5.25. The lowest BCUT2D eigenvalue weighted by Crippen LogP contribution is -2.45. The minimum atomic E-state index is 0.498. The van der Waals surface area contributed by atoms with Crippen molar-refractivity contribution in [3.8, 4) is 0 Å². The Morgan fingerprint density at radius 2 is 1.95 bits per heavy atom. The summed E-state index contributed by atoms with van der Waals surface area (Å²) >= 11 is 0. The molecule has 2 aliphatic carbocycles. The first-order chi connectivity index (χ1) is 9.90. The van der Waals surface area contributed by atoms with Crippen LogP contribution in [0.4, 0.5) is 0 Å². The molecular weight excluding hydrogens is 246 g/mol. The largest absolute Gasteiger partial charge is 0.306 e. The Balaban J connectivity index is 1.38. The summed E-state index contributed by atoms with van der Waals surface area (Å²) in [6, 6.07) is 6.47. The van der Waals surface area contributed by atoms with Crippen molar-refractivity contribution < 1.29 is 0 Å². The van der Waals surface area contributed by atoms with Crippen LogP contribution in [0.2, 0.25) is 0 Å². The molecule has 3 aliphatic rings. The van der Waals surface area contributed by atoms with E-state index < -0.39 is 0 Å². The molecule has 0 radical (unpaired) electrons. The van der Waals surface area contributed by atoms with Crippen molar-refractivity contribution in [2.75, 3.05) is 13.1 Å². The molecular formula is C17H25N3. The third-order valence-corrected chi connectivity index (χ3v) is 5.22. The Labute approximate surface area is 121 Å². The Morgan fingerprint density at radius 1 is 1.10 bits per heavy atom. The maximum Gasteiger partial charge on any atom is 0.0605 e. The predicted octanol–water partition coefficient (Wildman–Crippen LogP) is 2.68. The number of fused-ring (bicyclic) bond motifs is 1. The van der Waals surface area contributed by atoms with E-state index in [-0.39, 0.29) is 0 Å². The van der Waals surface area contributed by atoms with Crippen LogP contribution in [0, 0.1) is 0 Å². The molecule has 1 aromatic heterocycles. The summed E-state index contributed by atoms with van der Waals surface area (Å²) in [5.41, 5.74) is 2.79. The van der Waals surface area contributed by atoms with E-state index in [1.54, 1.807) is 0 Å². The van der Waals surface area contributed by atoms with Crippen LogP contribution in [0.5, 0.6) is 0 Å². The maximum atomic E-state index is 4.65. The molecule has 3 nitrogen and oxygen atoms in total. The van der Waals surface area contributed by atoms with Crippen LogP contribution in [0.1, 0.15) is 55.8 Å². The van der Waals surface area contributed by atoms with E-state index in [1.165, 1.54) is 69.3 Å². The lowest BCUT2D eigenvalue weighted by Gasteiger charge is -2.36. The average molecular weight is 271 g/mol. The zero-order valence-electron chi connectivity index (χ0n) is 12.2. The van der Waals surface area contributed by atoms with Crippen molar-refractivity contribution in [2.45, 2.75) is 63.1 Å². The average Bonchev–Trinajstić information content (AvgIpc) is 3.33. The smallest absolute Gasteiger partial charge is 0.0605 e. The van der Waals surface area contributed by atoms with Gasteiger partial charge in [0.15, 0.2) is 0 Å². The lowest BCUT2D eigenvalue weighted by molar-refractivity contribution is 0.180. The van der Waals surface area contributed by atoms with Crippen molar-refractivity contribution in [3.05, 3.63) is 29.6 Å². The van der Waals surface area contributed by atoms with Gasteiger partial charge >= 0.3 is 0 Å². The number of nitrogens with one attached hydrogen (secondary N) is 1. The van der Waals surface area contributed by atoms with E-state index in [2.05, 4.69) is 27.3 Å². The fourth-order valence-electron chi connectivity index (χ4n) is 3.93. The normalized spacial score (nSPS) is 28.3. The molecule has 1 aliphatic heterocycles. The van der Waals surface area contributed by atoms with Gasteiger partial charge < -0.3 is 10.2 Å². The summed E-state index contributed by atoms with van der Waals surface area (Å²) < 4.78 is 0. The zero-order chi connectivity index (χ0) is 13.4. The second kappa shape index (κ2) is 5.45. The molecule has 1 aromatic rings. The topological polar surface area (TPSA) is 28.2 Å². The number of likely N-dealkylation sites (tertiary alicyclic amines) is 1. The third-order valence-electron chi connectivity index (χ3n) is 5.22. The van der Waals surface area contributed by atoms with Crippen molar-refractivity contribution in [1.82, 2.24) is 15.2 Å². The molecule has 1 saturated carbocycles. The van der Waals surface area contributed by atoms with Crippen molar-refractivity contribution in [3.63, 3.8) is 0 Å². The van der Waals surface area contributed by atoms with Crippen LogP contribution < -0.4 is 5.32 Å². The highest BCUT2D eigenvalue weighted by Gasteiger charge is 2.32. The predicted molar refractivity (Wildman–Crippen MR) is 80.7 cm³/mol. The second-order valence-corrected chi connectivity index (χ2v) is 6.70. The SMILES string of the molecule is c1cnc2c(c1)CCCC2NC1CCN(C2CC2)CC1. The molecule has 1 saturated heterocycles. The summed E-state index contributed by atoms with van der Waals surface area (Å²) in [6.45, 7) is 2.59. The molecule has 1 N–H and O–H groups in total. The van der Waals surface area contributed by atoms with Crippen LogP contribution in [-0.4, -0.2) is 35.1 Å². The second-order valence-electron chi connectivity index (χ2n) is 6.70. The Hall–Kier alpha value is -0.930. The van der Waals surface area contributed by atoms with E-state index >= 15 is 0 Å². The number of hydrogen-bond acceptors (Lipinski definition) is 3. The van der Waals surface area contributed by atoms with Gasteiger partial charge in [0.1, 0.15) is 0 Å². The van der Waals surface area contributed by atoms with Crippen LogP contribution >= 0.6 is 0 Å². The molecule has 108 valence electrons. The first-order valence-electron chi connectivity index (χ1n) is 8.34. The summed E-state index contributed by atoms with van der Waals surface area (Å²) in [6.07, 6.45) is 11.2. The van der Waals surface area contributed by atoms with E-state index in [1.807, 2.05) is 6.20 Å². The Bertz CT molecular complexity index is 461. The van der Waals surface area contributed by atoms with Gasteiger partial charge in [-0.25, -0.2) is 0 Å². The van der Waals surface area contributed by atoms with Crippen LogP contribution in [0.25, 0.3) is 0 Å². The number of piperidine rings is 1. The van der Waals surface area contributed by atoms with E-state index in [4.69, 9.17) is 0 Å². The van der Waals surface area contributed by atoms with E-state index in [0.717, 1.165) is 6.04 Å². The van der Waals surface area contributed by atoms with Gasteiger partial charge in [0.25, 0.3) is 0 Å². The van der Waals surface area contributed by atoms with Crippen LogP contribution in [0.15, 0.2) is 18.3 Å². The summed E-state index contributed by atoms with van der Waals surface area (Å²) in [5.74, 6) is 0. The molecule has 1 atom stereocenters. The zero-order valence-corrected chi connectivity index (χ0v) is 12.2. The van der Waals surface area contributed by atoms with Gasteiger partial charge in [-0.3, -0.25) is 4.98 Å². The van der Waals surface area contributed by atoms with Gasteiger partial charge in [-0.1, -0.05) is 6.07 Å². The van der Waals surface area contributed by atoms with Gasteiger partial charge in [0.05, 0.1) is 5.69 Å². The monoisotopic (exact) mass is 271 g/mol. The van der Waals surface area contributed by atoms with Crippen molar-refractivity contribution in [1.29, 1.82) is 0 Å². The van der Waals surface area contributed by atoms with Gasteiger partial charge in [-0.2, -0.15) is 0 Å². The van der Waals surface area contributed by atoms with Gasteiger partial charge in [-0.05, 0) is 69.7 Å². The van der Waals surface area contributed by atoms with Gasteiger partial charge in [0, 0.05) is 24.3 Å². The maximum absolute atomic E-state index is 4.65. The summed E-state index contributed by atoms with van der Waals surface area (Å²) in [5, 5.41) is 3.90. The number of rotatable bonds is 3. The van der Waals surface area contributed by atoms with E-state index in [9.17, 15) is 0 Å². The fourth-order valence-corrected chi connectivity index (χ4v) is 3.93. The molecule has 0 bridgehead atoms. The number of aryl methyl sites for hydroxylation is 1. The molecule has 4 rings (SSSR count). The minimum Gasteiger partial charge on any atom is -0.306 e. The van der Waals surface area contributed by atoms with E-state index in [0.29, 0.717) is 12.1 Å². The molecule has 2 heterocycles. The number of pyridine rings is 1. The van der Waals surface area contributed by atoms with Crippen LogP contribution in [-0.2, 0) is 6.42 Å². The fraction of sp³-hybridized carbons (Fsp3) is 0.706. The molecule has 2 fully saturated rings. The van der Waals surface area contributed by atoms with Crippen molar-refractivity contribution in [2.24, 2.45) is 0 Å². The lowest BCUT2D eigenvalue weighted by atomic mass is 9.90. The molecule has 0 spiro atoms. The Kier molecular flexibility index (Phi) is 3.49. The minimum absolute atomic E-state index is 0.498. The molecule has 0 amide bonds. The highest BCUT2D eigenvalue weighted by atomic mass is 15.2. The summed E-state index contributed by atoms with van der Waals surface area (Å²) in [4.78, 5) is 7.35. The number of hydrogen-bond donors (Lipinski definition) is 1. The van der Waals surface area contributed by atoms with Crippen LogP contribution in [0.3, 0.4) is 0 Å². The molecule has 1 unspecified atom stereocenters. The third kappa shape index (κ3) is 2.61. The first-order valence-corrected chi connectivity index (χ1v) is 8.34. The van der Waals surface area contributed by atoms with Gasteiger partial charge in [0.2, 0.25) is 0 Å².